The maximum Gasteiger partial charge on any atom is 0.263 e. The molecule has 0 saturated heterocycles. The van der Waals surface area contributed by atoms with E-state index in [-0.39, 0.29) is 11.1 Å². The van der Waals surface area contributed by atoms with Crippen LogP contribution in [-0.2, 0) is 14.1 Å². The number of amides is 1. The van der Waals surface area contributed by atoms with Gasteiger partial charge < -0.3 is 19.9 Å². The first-order valence-corrected chi connectivity index (χ1v) is 9.31. The number of pyridine rings is 3. The maximum absolute atomic E-state index is 12.3. The minimum Gasteiger partial charge on any atom is -0.456 e. The molecule has 0 aliphatic heterocycles. The van der Waals surface area contributed by atoms with Gasteiger partial charge in [-0.3, -0.25) is 14.3 Å². The van der Waals surface area contributed by atoms with E-state index in [0.717, 1.165) is 5.82 Å². The van der Waals surface area contributed by atoms with Crippen LogP contribution >= 0.6 is 0 Å². The molecular weight excluding hydrogens is 398 g/mol. The Morgan fingerprint density at radius 1 is 1.00 bits per heavy atom. The highest BCUT2D eigenvalue weighted by molar-refractivity contribution is 6.03. The average molecular weight is 417 g/mol. The first-order valence-electron chi connectivity index (χ1n) is 9.31. The molecule has 0 spiro atoms. The minimum absolute atomic E-state index is 0.0392. The molecule has 4 aromatic heterocycles. The van der Waals surface area contributed by atoms with E-state index in [2.05, 4.69) is 25.7 Å². The van der Waals surface area contributed by atoms with Crippen molar-refractivity contribution < 1.29 is 9.53 Å². The van der Waals surface area contributed by atoms with E-state index in [1.54, 1.807) is 60.7 Å². The van der Waals surface area contributed by atoms with Crippen molar-refractivity contribution in [3.63, 3.8) is 0 Å². The molecule has 31 heavy (non-hydrogen) atoms. The van der Waals surface area contributed by atoms with Crippen molar-refractivity contribution >= 4 is 23.4 Å². The predicted molar refractivity (Wildman–Crippen MR) is 115 cm³/mol. The van der Waals surface area contributed by atoms with Gasteiger partial charge in [0, 0.05) is 38.6 Å². The van der Waals surface area contributed by atoms with E-state index in [4.69, 9.17) is 4.74 Å². The largest absolute Gasteiger partial charge is 0.456 e. The van der Waals surface area contributed by atoms with Crippen LogP contribution < -0.4 is 20.9 Å². The predicted octanol–water partition coefficient (Wildman–Crippen LogP) is 2.70. The number of anilines is 3. The highest BCUT2D eigenvalue weighted by atomic mass is 16.5. The maximum atomic E-state index is 12.3. The highest BCUT2D eigenvalue weighted by Crippen LogP contribution is 2.24. The van der Waals surface area contributed by atoms with Crippen molar-refractivity contribution in [3.8, 4) is 11.5 Å². The molecule has 0 atom stereocenters. The summed E-state index contributed by atoms with van der Waals surface area (Å²) >= 11 is 0. The van der Waals surface area contributed by atoms with Gasteiger partial charge in [-0.05, 0) is 30.3 Å². The smallest absolute Gasteiger partial charge is 0.263 e. The number of aromatic nitrogens is 5. The van der Waals surface area contributed by atoms with Crippen LogP contribution in [-0.4, -0.2) is 30.2 Å². The standard InChI is InChI=1S/C21H19N7O3/c1-27-11-3-4-16(21(27)30)20(29)26-17-6-5-15(13-23-17)31-14-7-9-22-18(12-14)25-19-8-10-24-28(19)2/h3-13H,1-2H3,(H,22,25)(H,23,26,29). The average Bonchev–Trinajstić information content (AvgIpc) is 3.16. The van der Waals surface area contributed by atoms with Crippen molar-refractivity contribution in [2.75, 3.05) is 10.6 Å². The number of carbonyl (C=O) groups excluding carboxylic acids is 1. The second-order valence-electron chi connectivity index (χ2n) is 6.62. The molecule has 156 valence electrons. The zero-order chi connectivity index (χ0) is 21.8. The molecule has 0 fully saturated rings. The molecule has 10 heteroatoms. The van der Waals surface area contributed by atoms with E-state index in [9.17, 15) is 9.59 Å². The molecule has 0 aliphatic carbocycles. The van der Waals surface area contributed by atoms with Crippen LogP contribution in [0.1, 0.15) is 10.4 Å². The summed E-state index contributed by atoms with van der Waals surface area (Å²) in [6.45, 7) is 0. The summed E-state index contributed by atoms with van der Waals surface area (Å²) in [7, 11) is 3.41. The number of carbonyl (C=O) groups is 1. The van der Waals surface area contributed by atoms with Crippen LogP contribution in [0.15, 0.2) is 72.0 Å². The molecule has 0 unspecified atom stereocenters. The van der Waals surface area contributed by atoms with Gasteiger partial charge in [-0.15, -0.1) is 0 Å². The third kappa shape index (κ3) is 4.58. The molecule has 4 heterocycles. The quantitative estimate of drug-likeness (QED) is 0.495. The Bertz CT molecular complexity index is 1280. The Hall–Kier alpha value is -4.47. The Labute approximate surface area is 177 Å². The molecular formula is C21H19N7O3. The molecule has 0 aromatic carbocycles. The monoisotopic (exact) mass is 417 g/mol. The summed E-state index contributed by atoms with van der Waals surface area (Å²) in [5.74, 6) is 2.21. The number of rotatable bonds is 6. The van der Waals surface area contributed by atoms with E-state index in [0.29, 0.717) is 23.1 Å². The van der Waals surface area contributed by atoms with E-state index < -0.39 is 5.91 Å². The van der Waals surface area contributed by atoms with Gasteiger partial charge in [0.15, 0.2) is 0 Å². The second-order valence-corrected chi connectivity index (χ2v) is 6.62. The lowest BCUT2D eigenvalue weighted by Gasteiger charge is -2.09. The molecule has 0 saturated carbocycles. The lowest BCUT2D eigenvalue weighted by Crippen LogP contribution is -2.27. The van der Waals surface area contributed by atoms with Gasteiger partial charge in [-0.25, -0.2) is 9.97 Å². The number of nitrogens with one attached hydrogen (secondary N) is 2. The fourth-order valence-electron chi connectivity index (χ4n) is 2.78. The Morgan fingerprint density at radius 3 is 2.61 bits per heavy atom. The molecule has 0 radical (unpaired) electrons. The first-order chi connectivity index (χ1) is 15.0. The van der Waals surface area contributed by atoms with Crippen molar-refractivity contribution in [2.45, 2.75) is 0 Å². The zero-order valence-corrected chi connectivity index (χ0v) is 16.8. The molecule has 0 bridgehead atoms. The third-order valence-corrected chi connectivity index (χ3v) is 4.39. The fourth-order valence-corrected chi connectivity index (χ4v) is 2.78. The lowest BCUT2D eigenvalue weighted by molar-refractivity contribution is 0.102. The molecule has 0 aliphatic rings. The Kier molecular flexibility index (Phi) is 5.43. The van der Waals surface area contributed by atoms with Crippen LogP contribution in [0.2, 0.25) is 0 Å². The summed E-state index contributed by atoms with van der Waals surface area (Å²) in [4.78, 5) is 32.8. The normalized spacial score (nSPS) is 10.5. The molecule has 2 N–H and O–H groups in total. The summed E-state index contributed by atoms with van der Waals surface area (Å²) in [5.41, 5.74) is -0.342. The molecule has 4 aromatic rings. The van der Waals surface area contributed by atoms with Crippen LogP contribution in [0.5, 0.6) is 11.5 Å². The molecule has 10 nitrogen and oxygen atoms in total. The third-order valence-electron chi connectivity index (χ3n) is 4.39. The van der Waals surface area contributed by atoms with Gasteiger partial charge in [0.2, 0.25) is 0 Å². The number of hydrogen-bond acceptors (Lipinski definition) is 7. The molecule has 4 rings (SSSR count). The van der Waals surface area contributed by atoms with Crippen LogP contribution in [0.4, 0.5) is 17.5 Å². The van der Waals surface area contributed by atoms with Gasteiger partial charge in [-0.1, -0.05) is 0 Å². The summed E-state index contributed by atoms with van der Waals surface area (Å²) in [6.07, 6.45) is 6.37. The van der Waals surface area contributed by atoms with Crippen LogP contribution in [0.3, 0.4) is 0 Å². The number of ether oxygens (including phenoxy) is 1. The van der Waals surface area contributed by atoms with E-state index >= 15 is 0 Å². The SMILES string of the molecule is Cn1nccc1Nc1cc(Oc2ccc(NC(=O)c3cccn(C)c3=O)nc2)ccn1. The van der Waals surface area contributed by atoms with E-state index in [1.165, 1.54) is 16.8 Å². The van der Waals surface area contributed by atoms with Gasteiger partial charge in [0.25, 0.3) is 11.5 Å². The fraction of sp³-hybridized carbons (Fsp3) is 0.0952. The summed E-state index contributed by atoms with van der Waals surface area (Å²) in [5, 5.41) is 9.86. The van der Waals surface area contributed by atoms with Crippen LogP contribution in [0.25, 0.3) is 0 Å². The Balaban J connectivity index is 1.42. The lowest BCUT2D eigenvalue weighted by atomic mass is 10.2. The first kappa shape index (κ1) is 19.8. The number of nitrogens with zero attached hydrogens (tertiary/aromatic N) is 5. The minimum atomic E-state index is -0.526. The van der Waals surface area contributed by atoms with E-state index in [1.807, 2.05) is 13.1 Å². The Morgan fingerprint density at radius 2 is 1.87 bits per heavy atom. The van der Waals surface area contributed by atoms with Crippen LogP contribution in [0, 0.1) is 0 Å². The van der Waals surface area contributed by atoms with Crippen molar-refractivity contribution in [1.29, 1.82) is 0 Å². The number of aryl methyl sites for hydroxylation is 2. The van der Waals surface area contributed by atoms with Gasteiger partial charge in [-0.2, -0.15) is 5.10 Å². The second kappa shape index (κ2) is 8.49. The highest BCUT2D eigenvalue weighted by Gasteiger charge is 2.12. The molecule has 1 amide bonds. The van der Waals surface area contributed by atoms with Crippen molar-refractivity contribution in [1.82, 2.24) is 24.3 Å². The van der Waals surface area contributed by atoms with Crippen molar-refractivity contribution in [2.24, 2.45) is 14.1 Å². The van der Waals surface area contributed by atoms with Gasteiger partial charge >= 0.3 is 0 Å². The summed E-state index contributed by atoms with van der Waals surface area (Å²) in [6, 6.07) is 11.7. The summed E-state index contributed by atoms with van der Waals surface area (Å²) < 4.78 is 8.85. The van der Waals surface area contributed by atoms with Gasteiger partial charge in [0.1, 0.15) is 34.5 Å². The van der Waals surface area contributed by atoms with Gasteiger partial charge in [0.05, 0.1) is 12.4 Å². The topological polar surface area (TPSA) is 116 Å². The number of hydrogen-bond donors (Lipinski definition) is 2. The zero-order valence-electron chi connectivity index (χ0n) is 16.8. The van der Waals surface area contributed by atoms with Crippen molar-refractivity contribution in [3.05, 3.63) is 83.2 Å².